The molecule has 0 aromatic heterocycles. The van der Waals surface area contributed by atoms with Crippen LogP contribution in [0.5, 0.6) is 5.75 Å². The monoisotopic (exact) mass is 361 g/mol. The van der Waals surface area contributed by atoms with Crippen molar-refractivity contribution in [1.29, 1.82) is 0 Å². The van der Waals surface area contributed by atoms with Gasteiger partial charge in [-0.3, -0.25) is 4.72 Å². The molecule has 0 spiro atoms. The predicted molar refractivity (Wildman–Crippen MR) is 97.5 cm³/mol. The number of benzene rings is 3. The van der Waals surface area contributed by atoms with Crippen molar-refractivity contribution in [1.82, 2.24) is 0 Å². The van der Waals surface area contributed by atoms with Crippen LogP contribution in [0, 0.1) is 6.92 Å². The standard InChI is InChI=1S/C18H16ClNO3S/c1-12-7-8-13(19)11-16(12)20-24(21,22)18-10-9-17(23-2)14-5-3-4-6-15(14)18/h3-11,20H,1-2H3. The summed E-state index contributed by atoms with van der Waals surface area (Å²) in [7, 11) is -2.21. The molecule has 4 nitrogen and oxygen atoms in total. The molecule has 0 heterocycles. The first kappa shape index (κ1) is 16.6. The summed E-state index contributed by atoms with van der Waals surface area (Å²) in [6, 6.07) is 15.5. The fourth-order valence-electron chi connectivity index (χ4n) is 2.56. The molecule has 3 aromatic rings. The van der Waals surface area contributed by atoms with Gasteiger partial charge in [0.2, 0.25) is 0 Å². The molecule has 1 N–H and O–H groups in total. The van der Waals surface area contributed by atoms with Gasteiger partial charge in [0.1, 0.15) is 5.75 Å². The maximum Gasteiger partial charge on any atom is 0.262 e. The van der Waals surface area contributed by atoms with Crippen LogP contribution in [-0.2, 0) is 10.0 Å². The van der Waals surface area contributed by atoms with Crippen LogP contribution in [0.15, 0.2) is 59.5 Å². The maximum atomic E-state index is 12.9. The molecule has 0 bridgehead atoms. The van der Waals surface area contributed by atoms with Gasteiger partial charge in [0.05, 0.1) is 17.7 Å². The van der Waals surface area contributed by atoms with Crippen molar-refractivity contribution in [3.05, 3.63) is 65.2 Å². The average molecular weight is 362 g/mol. The summed E-state index contributed by atoms with van der Waals surface area (Å²) in [6.45, 7) is 1.82. The minimum Gasteiger partial charge on any atom is -0.496 e. The van der Waals surface area contributed by atoms with E-state index in [1.54, 1.807) is 49.6 Å². The van der Waals surface area contributed by atoms with Gasteiger partial charge in [0.15, 0.2) is 0 Å². The summed E-state index contributed by atoms with van der Waals surface area (Å²) in [5, 5.41) is 1.81. The number of methoxy groups -OCH3 is 1. The Hall–Kier alpha value is -2.24. The van der Waals surface area contributed by atoms with Crippen molar-refractivity contribution in [2.45, 2.75) is 11.8 Å². The summed E-state index contributed by atoms with van der Waals surface area (Å²) in [5.41, 5.74) is 1.25. The number of hydrogen-bond acceptors (Lipinski definition) is 3. The first-order valence-corrected chi connectivity index (χ1v) is 9.13. The van der Waals surface area contributed by atoms with Crippen molar-refractivity contribution in [2.75, 3.05) is 11.8 Å². The summed E-state index contributed by atoms with van der Waals surface area (Å²) >= 11 is 5.97. The van der Waals surface area contributed by atoms with Crippen molar-refractivity contribution in [3.63, 3.8) is 0 Å². The quantitative estimate of drug-likeness (QED) is 0.738. The zero-order valence-corrected chi connectivity index (χ0v) is 14.8. The predicted octanol–water partition coefficient (Wildman–Crippen LogP) is 4.61. The molecule has 124 valence electrons. The molecule has 24 heavy (non-hydrogen) atoms. The van der Waals surface area contributed by atoms with Crippen LogP contribution in [-0.4, -0.2) is 15.5 Å². The van der Waals surface area contributed by atoms with E-state index in [4.69, 9.17) is 16.3 Å². The van der Waals surface area contributed by atoms with Crippen LogP contribution in [0.4, 0.5) is 5.69 Å². The number of ether oxygens (including phenoxy) is 1. The molecule has 0 aliphatic heterocycles. The van der Waals surface area contributed by atoms with Crippen LogP contribution < -0.4 is 9.46 Å². The van der Waals surface area contributed by atoms with Crippen molar-refractivity contribution < 1.29 is 13.2 Å². The molecule has 0 unspecified atom stereocenters. The fraction of sp³-hybridized carbons (Fsp3) is 0.111. The molecule has 0 atom stereocenters. The lowest BCUT2D eigenvalue weighted by Gasteiger charge is -2.14. The summed E-state index contributed by atoms with van der Waals surface area (Å²) in [4.78, 5) is 0.193. The van der Waals surface area contributed by atoms with E-state index < -0.39 is 10.0 Å². The molecule has 6 heteroatoms. The minimum atomic E-state index is -3.77. The Morgan fingerprint density at radius 1 is 1.00 bits per heavy atom. The van der Waals surface area contributed by atoms with E-state index >= 15 is 0 Å². The molecule has 0 saturated heterocycles. The van der Waals surface area contributed by atoms with Crippen molar-refractivity contribution >= 4 is 38.1 Å². The van der Waals surface area contributed by atoms with Gasteiger partial charge in [-0.25, -0.2) is 8.42 Å². The topological polar surface area (TPSA) is 55.4 Å². The van der Waals surface area contributed by atoms with E-state index in [0.29, 0.717) is 21.8 Å². The van der Waals surface area contributed by atoms with Gasteiger partial charge >= 0.3 is 0 Å². The van der Waals surface area contributed by atoms with E-state index in [-0.39, 0.29) is 4.90 Å². The molecular weight excluding hydrogens is 346 g/mol. The normalized spacial score (nSPS) is 11.5. The molecule has 3 aromatic carbocycles. The number of hydrogen-bond donors (Lipinski definition) is 1. The van der Waals surface area contributed by atoms with Crippen LogP contribution in [0.2, 0.25) is 5.02 Å². The Bertz CT molecular complexity index is 1020. The second kappa shape index (κ2) is 6.34. The van der Waals surface area contributed by atoms with Crippen molar-refractivity contribution in [2.24, 2.45) is 0 Å². The zero-order valence-electron chi connectivity index (χ0n) is 13.2. The average Bonchev–Trinajstić information content (AvgIpc) is 2.56. The lowest BCUT2D eigenvalue weighted by atomic mass is 10.1. The van der Waals surface area contributed by atoms with Gasteiger partial charge in [0, 0.05) is 15.8 Å². The Morgan fingerprint density at radius 3 is 2.42 bits per heavy atom. The molecule has 0 fully saturated rings. The molecule has 3 rings (SSSR count). The van der Waals surface area contributed by atoms with Gasteiger partial charge in [-0.15, -0.1) is 0 Å². The van der Waals surface area contributed by atoms with Gasteiger partial charge < -0.3 is 4.74 Å². The van der Waals surface area contributed by atoms with E-state index in [9.17, 15) is 8.42 Å². The lowest BCUT2D eigenvalue weighted by Crippen LogP contribution is -2.14. The highest BCUT2D eigenvalue weighted by Crippen LogP contribution is 2.32. The van der Waals surface area contributed by atoms with Crippen LogP contribution in [0.1, 0.15) is 5.56 Å². The van der Waals surface area contributed by atoms with Gasteiger partial charge in [-0.2, -0.15) is 0 Å². The van der Waals surface area contributed by atoms with Crippen LogP contribution in [0.25, 0.3) is 10.8 Å². The number of rotatable bonds is 4. The van der Waals surface area contributed by atoms with E-state index in [0.717, 1.165) is 10.9 Å². The number of halogens is 1. The Kier molecular flexibility index (Phi) is 4.39. The Morgan fingerprint density at radius 2 is 1.71 bits per heavy atom. The SMILES string of the molecule is COc1ccc(S(=O)(=O)Nc2cc(Cl)ccc2C)c2ccccc12. The summed E-state index contributed by atoms with van der Waals surface area (Å²) in [6.07, 6.45) is 0. The molecular formula is C18H16ClNO3S. The molecule has 0 amide bonds. The zero-order chi connectivity index (χ0) is 17.3. The Balaban J connectivity index is 2.14. The lowest BCUT2D eigenvalue weighted by molar-refractivity contribution is 0.419. The highest BCUT2D eigenvalue weighted by molar-refractivity contribution is 7.93. The van der Waals surface area contributed by atoms with E-state index in [1.165, 1.54) is 0 Å². The number of anilines is 1. The number of aryl methyl sites for hydroxylation is 1. The van der Waals surface area contributed by atoms with Gasteiger partial charge in [-0.05, 0) is 36.8 Å². The number of nitrogens with one attached hydrogen (secondary N) is 1. The summed E-state index contributed by atoms with van der Waals surface area (Å²) in [5.74, 6) is 0.628. The minimum absolute atomic E-state index is 0.193. The summed E-state index contributed by atoms with van der Waals surface area (Å²) < 4.78 is 33.7. The third-order valence-corrected chi connectivity index (χ3v) is 5.46. The second-order valence-corrected chi connectivity index (χ2v) is 7.46. The van der Waals surface area contributed by atoms with Crippen molar-refractivity contribution in [3.8, 4) is 5.75 Å². The van der Waals surface area contributed by atoms with E-state index in [1.807, 2.05) is 19.1 Å². The van der Waals surface area contributed by atoms with Crippen LogP contribution in [0.3, 0.4) is 0 Å². The second-order valence-electron chi connectivity index (χ2n) is 5.38. The van der Waals surface area contributed by atoms with Gasteiger partial charge in [-0.1, -0.05) is 41.9 Å². The third-order valence-electron chi connectivity index (χ3n) is 3.80. The maximum absolute atomic E-state index is 12.9. The van der Waals surface area contributed by atoms with E-state index in [2.05, 4.69) is 4.72 Å². The number of fused-ring (bicyclic) bond motifs is 1. The van der Waals surface area contributed by atoms with Crippen LogP contribution >= 0.6 is 11.6 Å². The molecule has 0 aliphatic rings. The molecule has 0 saturated carbocycles. The molecule has 0 radical (unpaired) electrons. The first-order chi connectivity index (χ1) is 11.4. The smallest absolute Gasteiger partial charge is 0.262 e. The van der Waals surface area contributed by atoms with Gasteiger partial charge in [0.25, 0.3) is 10.0 Å². The Labute approximate surface area is 146 Å². The number of sulfonamides is 1. The molecule has 0 aliphatic carbocycles. The fourth-order valence-corrected chi connectivity index (χ4v) is 4.07. The third kappa shape index (κ3) is 3.05. The highest BCUT2D eigenvalue weighted by Gasteiger charge is 2.20. The largest absolute Gasteiger partial charge is 0.496 e. The first-order valence-electron chi connectivity index (χ1n) is 7.27. The highest BCUT2D eigenvalue weighted by atomic mass is 35.5.